The maximum Gasteiger partial charge on any atom is 0.310 e. The fourth-order valence-corrected chi connectivity index (χ4v) is 6.17. The van der Waals surface area contributed by atoms with Crippen LogP contribution in [0.3, 0.4) is 0 Å². The van der Waals surface area contributed by atoms with Gasteiger partial charge >= 0.3 is 5.97 Å². The second kappa shape index (κ2) is 9.97. The van der Waals surface area contributed by atoms with Crippen LogP contribution in [0, 0.1) is 0 Å². The minimum absolute atomic E-state index is 0. The Hall–Kier alpha value is -1.55. The predicted octanol–water partition coefficient (Wildman–Crippen LogP) is 2.89. The molecule has 1 aromatic carbocycles. The molecule has 0 bridgehead atoms. The fraction of sp³-hybridized carbons (Fsp3) is 0.182. The van der Waals surface area contributed by atoms with Crippen molar-refractivity contribution in [2.24, 2.45) is 0 Å². The highest BCUT2D eigenvalue weighted by Gasteiger charge is 2.16. The third-order valence-electron chi connectivity index (χ3n) is 4.42. The molecule has 0 amide bonds. The van der Waals surface area contributed by atoms with E-state index >= 15 is 0 Å². The van der Waals surface area contributed by atoms with Gasteiger partial charge in [0.15, 0.2) is 0 Å². The van der Waals surface area contributed by atoms with Gasteiger partial charge < -0.3 is 28.7 Å². The van der Waals surface area contributed by atoms with Crippen molar-refractivity contribution in [2.45, 2.75) is 19.9 Å². The van der Waals surface area contributed by atoms with Gasteiger partial charge in [-0.25, -0.2) is 0 Å². The Morgan fingerprint density at radius 3 is 2.55 bits per heavy atom. The van der Waals surface area contributed by atoms with Gasteiger partial charge in [-0.2, -0.15) is 4.57 Å². The van der Waals surface area contributed by atoms with E-state index in [-0.39, 0.29) is 29.9 Å². The molecule has 0 aliphatic rings. The van der Waals surface area contributed by atoms with Gasteiger partial charge in [0.2, 0.25) is 5.52 Å². The normalized spacial score (nSPS) is 11.1. The number of rotatable bonds is 6. The number of methoxy groups -OCH3 is 1. The number of benzene rings is 1. The number of carbonyl (C=O) groups excluding carboxylic acids is 1. The minimum Gasteiger partial charge on any atom is -1.00 e. The fourth-order valence-electron chi connectivity index (χ4n) is 3.05. The molecule has 0 radical (unpaired) electrons. The van der Waals surface area contributed by atoms with Crippen LogP contribution in [0.5, 0.6) is 0 Å². The number of thiazole rings is 1. The third kappa shape index (κ3) is 4.96. The molecule has 0 unspecified atom stereocenters. The van der Waals surface area contributed by atoms with Crippen molar-refractivity contribution in [3.8, 4) is 9.75 Å². The zero-order chi connectivity index (χ0) is 19.5. The van der Waals surface area contributed by atoms with Crippen molar-refractivity contribution in [1.82, 2.24) is 0 Å². The molecule has 4 rings (SSSR count). The molecule has 0 saturated heterocycles. The van der Waals surface area contributed by atoms with Crippen LogP contribution in [0.4, 0.5) is 0 Å². The van der Waals surface area contributed by atoms with Crippen LogP contribution in [0.2, 0.25) is 0 Å². The molecule has 3 heterocycles. The number of aryl methyl sites for hydroxylation is 1. The van der Waals surface area contributed by atoms with Crippen molar-refractivity contribution in [2.75, 3.05) is 7.11 Å². The molecule has 4 aromatic rings. The van der Waals surface area contributed by atoms with Gasteiger partial charge in [0, 0.05) is 31.7 Å². The monoisotopic (exact) mass is 553 g/mol. The summed E-state index contributed by atoms with van der Waals surface area (Å²) < 4.78 is 8.41. The van der Waals surface area contributed by atoms with Crippen LogP contribution in [0.15, 0.2) is 48.5 Å². The molecule has 150 valence electrons. The van der Waals surface area contributed by atoms with Crippen LogP contribution < -0.4 is 28.5 Å². The first-order chi connectivity index (χ1) is 13.7. The quantitative estimate of drug-likeness (QED) is 0.209. The molecular weight excluding hydrogens is 533 g/mol. The number of hydrogen-bond acceptors (Lipinski definition) is 5. The summed E-state index contributed by atoms with van der Waals surface area (Å²) in [6.07, 6.45) is 4.73. The Labute approximate surface area is 199 Å². The van der Waals surface area contributed by atoms with Crippen LogP contribution in [-0.4, -0.2) is 13.1 Å². The zero-order valence-corrected chi connectivity index (χ0v) is 20.7. The molecule has 0 aliphatic heterocycles. The number of hydrogen-bond donors (Lipinski definition) is 0. The Kier molecular flexibility index (Phi) is 7.61. The van der Waals surface area contributed by atoms with Crippen molar-refractivity contribution >= 4 is 62.3 Å². The predicted molar refractivity (Wildman–Crippen MR) is 120 cm³/mol. The molecule has 0 N–H and O–H groups in total. The Balaban J connectivity index is 0.00000240. The highest BCUT2D eigenvalue weighted by molar-refractivity contribution is 7.22. The van der Waals surface area contributed by atoms with E-state index in [1.165, 1.54) is 37.0 Å². The van der Waals surface area contributed by atoms with E-state index in [9.17, 15) is 4.79 Å². The number of fused-ring (bicyclic) bond motifs is 1. The van der Waals surface area contributed by atoms with E-state index in [1.807, 2.05) is 17.4 Å². The summed E-state index contributed by atoms with van der Waals surface area (Å²) in [5, 5.41) is 1.26. The molecule has 0 aliphatic carbocycles. The number of ether oxygens (including phenoxy) is 1. The van der Waals surface area contributed by atoms with E-state index in [4.69, 9.17) is 4.74 Å². The van der Waals surface area contributed by atoms with Gasteiger partial charge in [-0.3, -0.25) is 4.79 Å². The molecule has 0 fully saturated rings. The second-order valence-electron chi connectivity index (χ2n) is 6.21. The SMILES string of the molecule is CC[n+]1c(/C=C/c2ccc(-c3ccc(CC(=O)OC)s3)s2)sc2ccccc21.[I-]. The Bertz CT molecular complexity index is 1160. The lowest BCUT2D eigenvalue weighted by Crippen LogP contribution is -3.00. The van der Waals surface area contributed by atoms with E-state index < -0.39 is 0 Å². The molecule has 0 spiro atoms. The van der Waals surface area contributed by atoms with E-state index in [0.717, 1.165) is 11.4 Å². The lowest BCUT2D eigenvalue weighted by Gasteiger charge is -1.94. The van der Waals surface area contributed by atoms with E-state index in [2.05, 4.69) is 66.1 Å². The lowest BCUT2D eigenvalue weighted by atomic mass is 10.3. The van der Waals surface area contributed by atoms with Crippen LogP contribution >= 0.6 is 34.0 Å². The molecule has 0 saturated carbocycles. The molecule has 3 nitrogen and oxygen atoms in total. The summed E-state index contributed by atoms with van der Waals surface area (Å²) in [4.78, 5) is 16.1. The number of aromatic nitrogens is 1. The highest BCUT2D eigenvalue weighted by atomic mass is 127. The first-order valence-electron chi connectivity index (χ1n) is 9.03. The Morgan fingerprint density at radius 2 is 1.76 bits per heavy atom. The standard InChI is InChI=1S/C22H20NO2S3.HI/c1-3-23-17-6-4-5-7-18(17)28-21(23)13-10-15-8-11-19(26-15)20-12-9-16(27-20)14-22(24)25-2;/h4-13H,3,14H2,1-2H3;1H/q+1;/p-1/b13-10+;. The Morgan fingerprint density at radius 1 is 1.00 bits per heavy atom. The molecule has 29 heavy (non-hydrogen) atoms. The largest absolute Gasteiger partial charge is 1.00 e. The summed E-state index contributed by atoms with van der Waals surface area (Å²) in [6, 6.07) is 16.9. The van der Waals surface area contributed by atoms with Crippen molar-refractivity contribution in [3.05, 3.63) is 63.3 Å². The van der Waals surface area contributed by atoms with E-state index in [1.54, 1.807) is 22.7 Å². The summed E-state index contributed by atoms with van der Waals surface area (Å²) in [6.45, 7) is 3.14. The van der Waals surface area contributed by atoms with Gasteiger partial charge in [-0.05, 0) is 43.3 Å². The first-order valence-corrected chi connectivity index (χ1v) is 11.5. The zero-order valence-electron chi connectivity index (χ0n) is 16.1. The summed E-state index contributed by atoms with van der Waals surface area (Å²) in [5.74, 6) is -0.198. The summed E-state index contributed by atoms with van der Waals surface area (Å²) in [7, 11) is 1.42. The third-order valence-corrected chi connectivity index (χ3v) is 7.88. The first kappa shape index (κ1) is 22.1. The average molecular weight is 554 g/mol. The molecule has 3 aromatic heterocycles. The number of halogens is 1. The average Bonchev–Trinajstić information content (AvgIpc) is 3.43. The number of carbonyl (C=O) groups is 1. The van der Waals surface area contributed by atoms with Crippen molar-refractivity contribution in [3.63, 3.8) is 0 Å². The van der Waals surface area contributed by atoms with Crippen molar-refractivity contribution < 1.29 is 38.1 Å². The van der Waals surface area contributed by atoms with Gasteiger partial charge in [0.05, 0.1) is 13.5 Å². The minimum atomic E-state index is -0.198. The topological polar surface area (TPSA) is 30.2 Å². The highest BCUT2D eigenvalue weighted by Crippen LogP contribution is 2.34. The molecular formula is C22H20INO2S3. The van der Waals surface area contributed by atoms with Crippen LogP contribution in [-0.2, 0) is 22.5 Å². The maximum absolute atomic E-state index is 11.4. The maximum atomic E-state index is 11.4. The lowest BCUT2D eigenvalue weighted by molar-refractivity contribution is -0.665. The number of thiophene rings is 2. The van der Waals surface area contributed by atoms with Crippen LogP contribution in [0.1, 0.15) is 21.7 Å². The van der Waals surface area contributed by atoms with Gasteiger partial charge in [0.1, 0.15) is 11.2 Å². The number of para-hydroxylation sites is 1. The molecule has 0 atom stereocenters. The second-order valence-corrected chi connectivity index (χ2v) is 9.55. The van der Waals surface area contributed by atoms with Gasteiger partial charge in [-0.1, -0.05) is 23.5 Å². The number of nitrogens with zero attached hydrogens (tertiary/aromatic N) is 1. The summed E-state index contributed by atoms with van der Waals surface area (Å²) >= 11 is 5.24. The molecule has 7 heteroatoms. The van der Waals surface area contributed by atoms with Crippen LogP contribution in [0.25, 0.3) is 32.1 Å². The van der Waals surface area contributed by atoms with Gasteiger partial charge in [0.25, 0.3) is 5.01 Å². The van der Waals surface area contributed by atoms with E-state index in [0.29, 0.717) is 6.42 Å². The smallest absolute Gasteiger partial charge is 0.310 e. The summed E-state index contributed by atoms with van der Waals surface area (Å²) in [5.41, 5.74) is 1.29. The number of esters is 1. The van der Waals surface area contributed by atoms with Crippen molar-refractivity contribution in [1.29, 1.82) is 0 Å². The van der Waals surface area contributed by atoms with Gasteiger partial charge in [-0.15, -0.1) is 22.7 Å².